The van der Waals surface area contributed by atoms with Crippen molar-refractivity contribution >= 4 is 46.7 Å². The van der Waals surface area contributed by atoms with Crippen LogP contribution in [0.25, 0.3) is 10.1 Å². The van der Waals surface area contributed by atoms with Gasteiger partial charge in [-0.3, -0.25) is 23.9 Å². The highest BCUT2D eigenvalue weighted by Crippen LogP contribution is 2.59. The van der Waals surface area contributed by atoms with E-state index >= 15 is 0 Å². The van der Waals surface area contributed by atoms with Crippen molar-refractivity contribution in [1.29, 1.82) is 0 Å². The van der Waals surface area contributed by atoms with Crippen molar-refractivity contribution in [2.75, 3.05) is 26.2 Å². The Kier molecular flexibility index (Phi) is 9.18. The lowest BCUT2D eigenvalue weighted by molar-refractivity contribution is -0.150. The minimum Gasteiger partial charge on any atom is -0.368 e. The lowest BCUT2D eigenvalue weighted by Gasteiger charge is -2.38. The van der Waals surface area contributed by atoms with Crippen LogP contribution in [0.2, 0.25) is 0 Å². The van der Waals surface area contributed by atoms with Crippen LogP contribution in [0.5, 0.6) is 0 Å². The van der Waals surface area contributed by atoms with Crippen LogP contribution in [0, 0.1) is 5.41 Å². The maximum Gasteiger partial charge on any atom is 0.399 e. The van der Waals surface area contributed by atoms with E-state index in [2.05, 4.69) is 10.3 Å². The van der Waals surface area contributed by atoms with Crippen LogP contribution in [0.1, 0.15) is 60.6 Å². The number of thiophene rings is 1. The first-order valence-corrected chi connectivity index (χ1v) is 16.9. The summed E-state index contributed by atoms with van der Waals surface area (Å²) in [5.74, 6) is -1.19. The number of aromatic nitrogens is 1. The molecule has 2 saturated heterocycles. The number of hydrogen-bond donors (Lipinski definition) is 3. The van der Waals surface area contributed by atoms with Crippen molar-refractivity contribution in [3.8, 4) is 0 Å². The molecule has 0 saturated carbocycles. The SMILES string of the molecule is CC(C)(C)[C@H](NC(=O)c1cc2cc(C(F)(F)P(=O)(O)O)ccc2s1)C(=O)N1CCC[C@H]1C(=O)N1CCOC(c2ccccn2)C1. The van der Waals surface area contributed by atoms with E-state index in [0.29, 0.717) is 43.8 Å². The molecule has 45 heavy (non-hydrogen) atoms. The van der Waals surface area contributed by atoms with Gasteiger partial charge in [-0.25, -0.2) is 0 Å². The molecular weight excluding hydrogens is 629 g/mol. The van der Waals surface area contributed by atoms with Gasteiger partial charge in [0, 0.05) is 29.5 Å². The van der Waals surface area contributed by atoms with Gasteiger partial charge in [-0.2, -0.15) is 8.78 Å². The fourth-order valence-corrected chi connectivity index (χ4v) is 7.04. The fraction of sp³-hybridized carbons (Fsp3) is 0.467. The second-order valence-electron chi connectivity index (χ2n) is 12.3. The van der Waals surface area contributed by atoms with Crippen LogP contribution >= 0.6 is 18.9 Å². The van der Waals surface area contributed by atoms with Crippen LogP contribution in [0.15, 0.2) is 48.7 Å². The Balaban J connectivity index is 1.32. The number of hydrogen-bond acceptors (Lipinski definition) is 7. The van der Waals surface area contributed by atoms with E-state index in [1.54, 1.807) is 37.9 Å². The minimum absolute atomic E-state index is 0.131. The molecule has 3 N–H and O–H groups in total. The summed E-state index contributed by atoms with van der Waals surface area (Å²) in [6.45, 7) is 6.76. The number of fused-ring (bicyclic) bond motifs is 1. The van der Waals surface area contributed by atoms with Gasteiger partial charge in [0.1, 0.15) is 18.2 Å². The standard InChI is InChI=1S/C30H35F2N4O7PS/c1-29(2,3)25(34-26(37)24-16-18-15-19(9-10-23(18)45-24)30(31,32)44(40,41)42)28(39)36-12-6-8-21(36)27(38)35-13-14-43-22(17-35)20-7-4-5-11-33-20/h4-5,7,9-11,15-16,21-22,25H,6,8,12-14,17H2,1-3H3,(H,34,37)(H2,40,41,42)/t21-,22?,25+/m0/s1. The van der Waals surface area contributed by atoms with Crippen molar-refractivity contribution < 1.29 is 42.3 Å². The van der Waals surface area contributed by atoms with Crippen LogP contribution in [0.4, 0.5) is 8.78 Å². The van der Waals surface area contributed by atoms with E-state index in [1.165, 1.54) is 17.0 Å². The third-order valence-corrected chi connectivity index (χ3v) is 10.2. The Morgan fingerprint density at radius 2 is 1.89 bits per heavy atom. The minimum atomic E-state index is -5.77. The van der Waals surface area contributed by atoms with E-state index in [9.17, 15) is 27.7 Å². The molecule has 2 aliphatic rings. The molecule has 2 fully saturated rings. The molecule has 0 bridgehead atoms. The van der Waals surface area contributed by atoms with E-state index in [0.717, 1.165) is 29.2 Å². The lowest BCUT2D eigenvalue weighted by atomic mass is 9.85. The number of carbonyl (C=O) groups excluding carboxylic acids is 3. The predicted molar refractivity (Wildman–Crippen MR) is 163 cm³/mol. The molecule has 0 spiro atoms. The number of pyridine rings is 1. The van der Waals surface area contributed by atoms with Crippen LogP contribution < -0.4 is 5.32 Å². The van der Waals surface area contributed by atoms with Gasteiger partial charge < -0.3 is 29.6 Å². The van der Waals surface area contributed by atoms with Gasteiger partial charge in [0.25, 0.3) is 5.91 Å². The number of nitrogens with zero attached hydrogens (tertiary/aromatic N) is 3. The number of benzene rings is 1. The van der Waals surface area contributed by atoms with Gasteiger partial charge in [-0.05, 0) is 54.0 Å². The van der Waals surface area contributed by atoms with Crippen LogP contribution in [0.3, 0.4) is 0 Å². The number of morpholine rings is 1. The number of carbonyl (C=O) groups is 3. The Morgan fingerprint density at radius 3 is 2.56 bits per heavy atom. The molecule has 11 nitrogen and oxygen atoms in total. The fourth-order valence-electron chi connectivity index (χ4n) is 5.62. The first kappa shape index (κ1) is 33.1. The van der Waals surface area contributed by atoms with Gasteiger partial charge >= 0.3 is 13.3 Å². The first-order chi connectivity index (χ1) is 21.1. The number of likely N-dealkylation sites (tertiary alicyclic amines) is 1. The molecule has 1 unspecified atom stereocenters. The monoisotopic (exact) mass is 664 g/mol. The third kappa shape index (κ3) is 6.80. The molecule has 3 atom stereocenters. The number of nitrogens with one attached hydrogen (secondary N) is 1. The summed E-state index contributed by atoms with van der Waals surface area (Å²) in [6, 6.07) is 8.26. The molecule has 1 aromatic carbocycles. The molecule has 242 valence electrons. The highest BCUT2D eigenvalue weighted by Gasteiger charge is 2.50. The average molecular weight is 665 g/mol. The van der Waals surface area contributed by atoms with Crippen molar-refractivity contribution in [3.63, 3.8) is 0 Å². The quantitative estimate of drug-likeness (QED) is 0.318. The molecule has 0 aliphatic carbocycles. The summed E-state index contributed by atoms with van der Waals surface area (Å²) in [6.07, 6.45) is 2.40. The Hall–Kier alpha value is -3.29. The summed E-state index contributed by atoms with van der Waals surface area (Å²) in [5.41, 5.74) is -5.29. The molecule has 3 amide bonds. The van der Waals surface area contributed by atoms with Gasteiger partial charge in [0.2, 0.25) is 11.8 Å². The Morgan fingerprint density at radius 1 is 1.13 bits per heavy atom. The van der Waals surface area contributed by atoms with Crippen molar-refractivity contribution in [2.24, 2.45) is 5.41 Å². The van der Waals surface area contributed by atoms with Gasteiger partial charge in [-0.1, -0.05) is 32.9 Å². The summed E-state index contributed by atoms with van der Waals surface area (Å²) >= 11 is 0.998. The highest BCUT2D eigenvalue weighted by atomic mass is 32.1. The Bertz CT molecular complexity index is 1640. The molecule has 0 radical (unpaired) electrons. The largest absolute Gasteiger partial charge is 0.399 e. The molecular formula is C30H35F2N4O7PS. The van der Waals surface area contributed by atoms with Crippen molar-refractivity contribution in [2.45, 2.75) is 57.5 Å². The zero-order valence-corrected chi connectivity index (χ0v) is 26.7. The molecule has 3 aromatic rings. The van der Waals surface area contributed by atoms with Crippen LogP contribution in [-0.4, -0.2) is 80.6 Å². The molecule has 15 heteroatoms. The smallest absolute Gasteiger partial charge is 0.368 e. The average Bonchev–Trinajstić information content (AvgIpc) is 3.66. The third-order valence-electron chi connectivity index (χ3n) is 8.06. The van der Waals surface area contributed by atoms with Gasteiger partial charge in [-0.15, -0.1) is 11.3 Å². The van der Waals surface area contributed by atoms with Gasteiger partial charge in [0.05, 0.1) is 23.7 Å². The lowest BCUT2D eigenvalue weighted by Crippen LogP contribution is -2.58. The van der Waals surface area contributed by atoms with Crippen molar-refractivity contribution in [3.05, 3.63) is 64.8 Å². The number of halogens is 2. The van der Waals surface area contributed by atoms with E-state index in [4.69, 9.17) is 14.5 Å². The predicted octanol–water partition coefficient (Wildman–Crippen LogP) is 4.26. The maximum atomic E-state index is 14.3. The Labute approximate surface area is 262 Å². The summed E-state index contributed by atoms with van der Waals surface area (Å²) in [5, 5.41) is 3.00. The second kappa shape index (κ2) is 12.5. The molecule has 4 heterocycles. The van der Waals surface area contributed by atoms with Gasteiger partial charge in [0.15, 0.2) is 0 Å². The molecule has 2 aliphatic heterocycles. The topological polar surface area (TPSA) is 149 Å². The molecule has 2 aromatic heterocycles. The summed E-state index contributed by atoms with van der Waals surface area (Å²) < 4.78 is 46.2. The van der Waals surface area contributed by atoms with Crippen molar-refractivity contribution in [1.82, 2.24) is 20.1 Å². The number of amides is 3. The zero-order chi connectivity index (χ0) is 32.7. The first-order valence-electron chi connectivity index (χ1n) is 14.5. The number of rotatable bonds is 7. The van der Waals surface area contributed by atoms with E-state index < -0.39 is 48.1 Å². The maximum absolute atomic E-state index is 14.3. The number of ether oxygens (including phenoxy) is 1. The van der Waals surface area contributed by atoms with E-state index in [1.807, 2.05) is 12.1 Å². The van der Waals surface area contributed by atoms with Crippen LogP contribution in [-0.2, 0) is 24.6 Å². The second-order valence-corrected chi connectivity index (χ2v) is 15.0. The summed E-state index contributed by atoms with van der Waals surface area (Å²) in [7, 11) is -5.77. The van der Waals surface area contributed by atoms with E-state index in [-0.39, 0.29) is 22.3 Å². The highest BCUT2D eigenvalue weighted by molar-refractivity contribution is 7.52. The zero-order valence-electron chi connectivity index (χ0n) is 25.0. The normalized spacial score (nSPS) is 20.3. The number of alkyl halides is 2. The molecule has 5 rings (SSSR count). The summed E-state index contributed by atoms with van der Waals surface area (Å²) in [4.78, 5) is 67.1.